The maximum absolute atomic E-state index is 14.5. The van der Waals surface area contributed by atoms with E-state index in [4.69, 9.17) is 44.3 Å². The van der Waals surface area contributed by atoms with E-state index in [2.05, 4.69) is 41.9 Å². The summed E-state index contributed by atoms with van der Waals surface area (Å²) in [5.74, 6) is -6.87. The fraction of sp³-hybridized carbons (Fsp3) is 0.522. The number of aliphatic carboxylic acids is 1. The van der Waals surface area contributed by atoms with Gasteiger partial charge in [-0.15, -0.1) is 0 Å². The molecule has 0 heterocycles. The molecule has 21 N–H and O–H groups in total. The lowest BCUT2D eigenvalue weighted by Crippen LogP contribution is -2.61. The number of amides is 7. The molecule has 2 aromatic rings. The summed E-state index contributed by atoms with van der Waals surface area (Å²) in [7, 11) is 0. The minimum absolute atomic E-state index is 0.0423. The summed E-state index contributed by atoms with van der Waals surface area (Å²) in [5.41, 5.74) is 34.1. The highest BCUT2D eigenvalue weighted by molar-refractivity contribution is 5.97. The average molecular weight is 999 g/mol. The van der Waals surface area contributed by atoms with Gasteiger partial charge in [0.15, 0.2) is 11.9 Å². The molecular formula is C46H74N14O11. The number of nitrogens with one attached hydrogen (secondary N) is 6. The van der Waals surface area contributed by atoms with Gasteiger partial charge in [-0.2, -0.15) is 0 Å². The molecule has 2 rings (SSSR count). The number of nitrogens with two attached hydrogens (primary N) is 6. The number of unbranched alkanes of at least 4 members (excludes halogenated alkanes) is 1. The van der Waals surface area contributed by atoms with Crippen molar-refractivity contribution in [1.29, 1.82) is 0 Å². The van der Waals surface area contributed by atoms with E-state index in [0.29, 0.717) is 36.9 Å². The number of guanidine groups is 2. The first-order valence-corrected chi connectivity index (χ1v) is 23.1. The largest absolute Gasteiger partial charge is 0.508 e. The molecule has 0 unspecified atom stereocenters. The Bertz CT molecular complexity index is 2090. The number of carbonyl (C=O) groups is 8. The lowest BCUT2D eigenvalue weighted by molar-refractivity contribution is -0.136. The van der Waals surface area contributed by atoms with Crippen molar-refractivity contribution in [2.24, 2.45) is 50.3 Å². The lowest BCUT2D eigenvalue weighted by Gasteiger charge is -2.29. The smallest absolute Gasteiger partial charge is 0.300 e. The number of benzene rings is 2. The second-order valence-corrected chi connectivity index (χ2v) is 16.7. The number of rotatable bonds is 30. The molecule has 0 aliphatic rings. The van der Waals surface area contributed by atoms with Gasteiger partial charge in [0.1, 0.15) is 47.8 Å². The molecule has 0 aliphatic heterocycles. The van der Waals surface area contributed by atoms with E-state index in [9.17, 15) is 43.8 Å². The standard InChI is InChI=1S/C44H70N14O9.C2H4O2/c1-4-25(2)36(42(67)54-31(37(46)62)9-5-6-20-45)58-39(64)33(11-8-22-52-44(49)50)55-40(65)34(23-27-12-16-29(60)17-13-27)57-41(66)35(24-28-14-18-30(61)19-15-28)56-38(63)32(53-26(3)59)10-7-21-51-43(47)48;1-2(3)4/h12-19,25,31-36,60-61H,4-11,20-24,45H2,1-3H3,(H2,46,62)(H,53,59)(H,54,67)(H,55,65)(H,56,63)(H,57,66)(H,58,64)(H4,47,48,51)(H4,49,50,52);1H3,(H,3,4)/t25-,31-,32-,33-,34-,35-,36-;/m0./s1. The predicted octanol–water partition coefficient (Wildman–Crippen LogP) is -2.33. The Kier molecular flexibility index (Phi) is 28.4. The van der Waals surface area contributed by atoms with E-state index in [1.807, 2.05) is 6.92 Å². The highest BCUT2D eigenvalue weighted by atomic mass is 16.4. The first kappa shape index (κ1) is 61.3. The molecule has 0 aromatic heterocycles. The Morgan fingerprint density at radius 1 is 0.535 bits per heavy atom. The van der Waals surface area contributed by atoms with Crippen molar-refractivity contribution < 1.29 is 53.7 Å². The molecule has 0 bridgehead atoms. The molecule has 0 saturated heterocycles. The maximum atomic E-state index is 14.5. The summed E-state index contributed by atoms with van der Waals surface area (Å²) in [6, 6.07) is 4.26. The number of aliphatic imine (C=N–C) groups is 2. The van der Waals surface area contributed by atoms with Crippen molar-refractivity contribution in [3.05, 3.63) is 59.7 Å². The number of phenolic OH excluding ortho intramolecular Hbond substituents is 2. The number of carbonyl (C=O) groups excluding carboxylic acids is 7. The van der Waals surface area contributed by atoms with Crippen molar-refractivity contribution in [2.75, 3.05) is 19.6 Å². The van der Waals surface area contributed by atoms with Crippen LogP contribution in [0.4, 0.5) is 0 Å². The van der Waals surface area contributed by atoms with E-state index in [1.165, 1.54) is 55.5 Å². The monoisotopic (exact) mass is 999 g/mol. The second-order valence-electron chi connectivity index (χ2n) is 16.7. The Morgan fingerprint density at radius 3 is 1.28 bits per heavy atom. The van der Waals surface area contributed by atoms with Crippen LogP contribution in [0.3, 0.4) is 0 Å². The molecule has 0 saturated carbocycles. The molecule has 394 valence electrons. The number of aromatic hydroxyl groups is 2. The lowest BCUT2D eigenvalue weighted by atomic mass is 9.96. The van der Waals surface area contributed by atoms with E-state index < -0.39 is 89.5 Å². The molecule has 2 aromatic carbocycles. The van der Waals surface area contributed by atoms with Gasteiger partial charge in [-0.3, -0.25) is 48.3 Å². The van der Waals surface area contributed by atoms with Crippen LogP contribution in [0.15, 0.2) is 58.5 Å². The third-order valence-electron chi connectivity index (χ3n) is 10.6. The zero-order valence-electron chi connectivity index (χ0n) is 40.8. The Balaban J connectivity index is 0.00000605. The van der Waals surface area contributed by atoms with E-state index in [0.717, 1.165) is 6.92 Å². The zero-order valence-corrected chi connectivity index (χ0v) is 40.8. The van der Waals surface area contributed by atoms with Gasteiger partial charge in [-0.25, -0.2) is 0 Å². The first-order valence-electron chi connectivity index (χ1n) is 23.1. The third kappa shape index (κ3) is 26.0. The zero-order chi connectivity index (χ0) is 53.6. The highest BCUT2D eigenvalue weighted by Crippen LogP contribution is 2.16. The molecular weight excluding hydrogens is 925 g/mol. The molecule has 7 amide bonds. The van der Waals surface area contributed by atoms with E-state index in [1.54, 1.807) is 6.92 Å². The fourth-order valence-electron chi connectivity index (χ4n) is 6.76. The van der Waals surface area contributed by atoms with E-state index >= 15 is 0 Å². The van der Waals surface area contributed by atoms with Crippen molar-refractivity contribution in [3.8, 4) is 11.5 Å². The average Bonchev–Trinajstić information content (AvgIpc) is 3.29. The molecule has 0 spiro atoms. The number of carboxylic acids is 1. The summed E-state index contributed by atoms with van der Waals surface area (Å²) in [4.78, 5) is 112. The predicted molar refractivity (Wildman–Crippen MR) is 266 cm³/mol. The van der Waals surface area contributed by atoms with Crippen LogP contribution in [-0.2, 0) is 51.2 Å². The van der Waals surface area contributed by atoms with Crippen LogP contribution >= 0.6 is 0 Å². The summed E-state index contributed by atoms with van der Waals surface area (Å²) in [5, 5.41) is 43.4. The Morgan fingerprint density at radius 2 is 0.901 bits per heavy atom. The van der Waals surface area contributed by atoms with Crippen LogP contribution in [0.2, 0.25) is 0 Å². The van der Waals surface area contributed by atoms with Crippen molar-refractivity contribution >= 4 is 59.2 Å². The van der Waals surface area contributed by atoms with Gasteiger partial charge in [0.25, 0.3) is 5.97 Å². The van der Waals surface area contributed by atoms with Crippen LogP contribution in [0.25, 0.3) is 0 Å². The normalized spacial score (nSPS) is 13.5. The molecule has 0 radical (unpaired) electrons. The summed E-state index contributed by atoms with van der Waals surface area (Å²) < 4.78 is 0. The molecule has 71 heavy (non-hydrogen) atoms. The van der Waals surface area contributed by atoms with Gasteiger partial charge in [-0.05, 0) is 92.8 Å². The topological polar surface area (TPSA) is 450 Å². The number of phenols is 2. The number of carboxylic acid groups (broad SMARTS) is 1. The quantitative estimate of drug-likeness (QED) is 0.0222. The number of nitrogens with zero attached hydrogens (tertiary/aromatic N) is 2. The third-order valence-corrected chi connectivity index (χ3v) is 10.6. The van der Waals surface area contributed by atoms with Crippen molar-refractivity contribution in [2.45, 2.75) is 128 Å². The van der Waals surface area contributed by atoms with Gasteiger partial charge >= 0.3 is 0 Å². The minimum atomic E-state index is -1.42. The summed E-state index contributed by atoms with van der Waals surface area (Å²) in [6.07, 6.45) is 1.98. The Hall–Kier alpha value is -7.70. The first-order chi connectivity index (χ1) is 33.5. The maximum Gasteiger partial charge on any atom is 0.300 e. The number of hydrogen-bond acceptors (Lipinski definition) is 13. The molecule has 25 nitrogen and oxygen atoms in total. The summed E-state index contributed by atoms with van der Waals surface area (Å²) in [6.45, 7) is 6.44. The minimum Gasteiger partial charge on any atom is -0.508 e. The van der Waals surface area contributed by atoms with Gasteiger partial charge in [0.05, 0.1) is 0 Å². The van der Waals surface area contributed by atoms with Gasteiger partial charge in [0.2, 0.25) is 41.4 Å². The van der Waals surface area contributed by atoms with Gasteiger partial charge in [0, 0.05) is 39.8 Å². The molecule has 7 atom stereocenters. The van der Waals surface area contributed by atoms with Crippen LogP contribution in [0.1, 0.15) is 90.2 Å². The van der Waals surface area contributed by atoms with Crippen molar-refractivity contribution in [1.82, 2.24) is 31.9 Å². The SMILES string of the molecule is CC(=O)O.CC[C@H](C)[C@H](NC(=O)[C@H](CCCN=C(N)N)NC(=O)[C@H](Cc1ccc(O)cc1)NC(=O)[C@H](Cc1ccc(O)cc1)NC(=O)[C@H](CCCN=C(N)N)NC(C)=O)C(=O)N[C@@H](CCCCN)C(N)=O. The fourth-order valence-corrected chi connectivity index (χ4v) is 6.76. The van der Waals surface area contributed by atoms with Crippen LogP contribution < -0.4 is 66.3 Å². The molecule has 0 fully saturated rings. The number of hydrogen-bond donors (Lipinski definition) is 15. The van der Waals surface area contributed by atoms with Crippen LogP contribution in [-0.4, -0.2) is 130 Å². The highest BCUT2D eigenvalue weighted by Gasteiger charge is 2.34. The Labute approximate surface area is 413 Å². The van der Waals surface area contributed by atoms with Gasteiger partial charge in [-0.1, -0.05) is 44.5 Å². The van der Waals surface area contributed by atoms with Crippen LogP contribution in [0, 0.1) is 5.92 Å². The second kappa shape index (κ2) is 32.9. The molecule has 0 aliphatic carbocycles. The van der Waals surface area contributed by atoms with E-state index in [-0.39, 0.29) is 81.5 Å². The van der Waals surface area contributed by atoms with Gasteiger partial charge < -0.3 is 81.6 Å². The molecule has 25 heteroatoms. The number of primary amides is 1. The van der Waals surface area contributed by atoms with Crippen molar-refractivity contribution in [3.63, 3.8) is 0 Å². The summed E-state index contributed by atoms with van der Waals surface area (Å²) >= 11 is 0. The van der Waals surface area contributed by atoms with Crippen LogP contribution in [0.5, 0.6) is 11.5 Å².